The summed E-state index contributed by atoms with van der Waals surface area (Å²) in [6.45, 7) is 23.6. The monoisotopic (exact) mass is 168 g/mol. The van der Waals surface area contributed by atoms with Crippen LogP contribution in [0.2, 0.25) is 0 Å². The molecule has 0 aliphatic rings. The van der Waals surface area contributed by atoms with Crippen LogP contribution in [-0.4, -0.2) is 0 Å². The van der Waals surface area contributed by atoms with Gasteiger partial charge in [-0.05, 0) is 0 Å². The Balaban J connectivity index is -0.0000000419. The van der Waals surface area contributed by atoms with Gasteiger partial charge in [-0.3, -0.25) is 0 Å². The first-order chi connectivity index (χ1) is 5.18. The molecule has 0 saturated heterocycles. The van der Waals surface area contributed by atoms with E-state index in [0.717, 1.165) is 24.8 Å². The summed E-state index contributed by atoms with van der Waals surface area (Å²) in [5.41, 5.74) is 0.894. The molecule has 0 amide bonds. The molecule has 0 atom stereocenters. The van der Waals surface area contributed by atoms with Crippen LogP contribution in [0.25, 0.3) is 0 Å². The maximum absolute atomic E-state index is 3.54. The second-order valence-electron chi connectivity index (χ2n) is 1.71. The van der Waals surface area contributed by atoms with E-state index in [4.69, 9.17) is 0 Å². The van der Waals surface area contributed by atoms with Crippen molar-refractivity contribution in [3.05, 3.63) is 53.0 Å². The molecule has 0 aliphatic carbocycles. The molecule has 0 N–H and O–H groups in total. The highest BCUT2D eigenvalue weighted by atomic mass is 13.7. The third-order valence-corrected chi connectivity index (χ3v) is 0.604. The van der Waals surface area contributed by atoms with Gasteiger partial charge in [-0.1, -0.05) is 7.43 Å². The van der Waals surface area contributed by atoms with Crippen LogP contribution in [0.4, 0.5) is 0 Å². The quantitative estimate of drug-likeness (QED) is 0.421. The zero-order valence-electron chi connectivity index (χ0n) is 7.57. The Hall–Kier alpha value is -0.780. The Labute approximate surface area is 80.4 Å². The SMILES string of the molecule is C.C=C.C=C([CH2+])C[CH2-].[CH2+]CC[CH2-]. The first-order valence-corrected chi connectivity index (χ1v) is 3.56. The van der Waals surface area contributed by atoms with Gasteiger partial charge in [-0.2, -0.15) is 0 Å². The van der Waals surface area contributed by atoms with Crippen LogP contribution >= 0.6 is 0 Å². The molecule has 0 aliphatic heterocycles. The van der Waals surface area contributed by atoms with Crippen LogP contribution in [0, 0.1) is 27.7 Å². The van der Waals surface area contributed by atoms with Crippen LogP contribution in [0.15, 0.2) is 25.3 Å². The lowest BCUT2D eigenvalue weighted by molar-refractivity contribution is 1.05. The third kappa shape index (κ3) is 126. The Morgan fingerprint density at radius 1 is 1.25 bits per heavy atom. The molecule has 0 aromatic carbocycles. The molecule has 0 rings (SSSR count). The van der Waals surface area contributed by atoms with E-state index in [9.17, 15) is 0 Å². The predicted octanol–water partition coefficient (Wildman–Crippen LogP) is 4.47. The molecular formula is C12H24. The van der Waals surface area contributed by atoms with Gasteiger partial charge in [-0.25, -0.2) is 0 Å². The van der Waals surface area contributed by atoms with Crippen LogP contribution in [0.3, 0.4) is 0 Å². The van der Waals surface area contributed by atoms with Crippen molar-refractivity contribution in [1.82, 2.24) is 0 Å². The van der Waals surface area contributed by atoms with Gasteiger partial charge >= 0.3 is 0 Å². The molecule has 0 aromatic rings. The highest BCUT2D eigenvalue weighted by molar-refractivity contribution is 4.97. The topological polar surface area (TPSA) is 0 Å². The first kappa shape index (κ1) is 22.5. The van der Waals surface area contributed by atoms with E-state index in [-0.39, 0.29) is 7.43 Å². The van der Waals surface area contributed by atoms with E-state index in [0.29, 0.717) is 0 Å². The van der Waals surface area contributed by atoms with Crippen molar-refractivity contribution in [3.63, 3.8) is 0 Å². The minimum atomic E-state index is 0. The molecule has 0 aromatic heterocycles. The summed E-state index contributed by atoms with van der Waals surface area (Å²) in [4.78, 5) is 0. The van der Waals surface area contributed by atoms with Crippen LogP contribution < -0.4 is 0 Å². The Kier molecular flexibility index (Phi) is 59.7. The zero-order chi connectivity index (χ0) is 9.70. The summed E-state index contributed by atoms with van der Waals surface area (Å²) in [6.07, 6.45) is 2.67. The normalized spacial score (nSPS) is 5.83. The van der Waals surface area contributed by atoms with Crippen LogP contribution in [-0.2, 0) is 0 Å². The molecule has 0 fully saturated rings. The molecule has 0 bridgehead atoms. The Morgan fingerprint density at radius 2 is 1.42 bits per heavy atom. The minimum absolute atomic E-state index is 0. The summed E-state index contributed by atoms with van der Waals surface area (Å²) >= 11 is 0. The summed E-state index contributed by atoms with van der Waals surface area (Å²) in [5, 5.41) is 0. The maximum atomic E-state index is 3.54. The first-order valence-electron chi connectivity index (χ1n) is 3.56. The Bertz CT molecular complexity index is 60.4. The average Bonchev–Trinajstić information content (AvgIpc) is 2.08. The fourth-order valence-corrected chi connectivity index (χ4v) is 0. The van der Waals surface area contributed by atoms with E-state index in [1.54, 1.807) is 0 Å². The van der Waals surface area contributed by atoms with E-state index in [2.05, 4.69) is 47.4 Å². The highest BCUT2D eigenvalue weighted by Gasteiger charge is 1.71. The standard InChI is InChI=1S/C5H8.C4H8.C2H4.CH4/c1-4-5(2)3;1-3-4-2;1-2;/h1-4H2;1-4H2;1-2H2;1H4. The van der Waals surface area contributed by atoms with Gasteiger partial charge < -0.3 is 13.8 Å². The lowest BCUT2D eigenvalue weighted by atomic mass is 10.3. The summed E-state index contributed by atoms with van der Waals surface area (Å²) < 4.78 is 0. The second kappa shape index (κ2) is 31.9. The van der Waals surface area contributed by atoms with Crippen molar-refractivity contribution in [1.29, 1.82) is 0 Å². The molecular weight excluding hydrogens is 144 g/mol. The van der Waals surface area contributed by atoms with Gasteiger partial charge in [0.2, 0.25) is 0 Å². The lowest BCUT2D eigenvalue weighted by Gasteiger charge is -1.78. The van der Waals surface area contributed by atoms with Crippen molar-refractivity contribution in [2.75, 3.05) is 0 Å². The van der Waals surface area contributed by atoms with E-state index >= 15 is 0 Å². The molecule has 0 nitrogen and oxygen atoms in total. The molecule has 0 saturated carbocycles. The number of rotatable bonds is 2. The number of hydrogen-bond acceptors (Lipinski definition) is 0. The fraction of sp³-hybridized carbons (Fsp3) is 0.333. The van der Waals surface area contributed by atoms with E-state index in [1.165, 1.54) is 0 Å². The molecule has 0 heterocycles. The summed E-state index contributed by atoms with van der Waals surface area (Å²) in [6, 6.07) is 0. The van der Waals surface area contributed by atoms with Crippen molar-refractivity contribution in [2.45, 2.75) is 26.7 Å². The average molecular weight is 168 g/mol. The van der Waals surface area contributed by atoms with Crippen LogP contribution in [0.5, 0.6) is 0 Å². The van der Waals surface area contributed by atoms with E-state index < -0.39 is 0 Å². The van der Waals surface area contributed by atoms with Crippen LogP contribution in [0.1, 0.15) is 26.7 Å². The smallest absolute Gasteiger partial charge is 0.0667 e. The molecule has 72 valence electrons. The van der Waals surface area contributed by atoms with Gasteiger partial charge in [0.25, 0.3) is 0 Å². The number of allylic oxidation sites excluding steroid dienone is 1. The number of hydrogen-bond donors (Lipinski definition) is 0. The molecule has 0 spiro atoms. The summed E-state index contributed by atoms with van der Waals surface area (Å²) in [7, 11) is 0. The van der Waals surface area contributed by atoms with Gasteiger partial charge in [0.1, 0.15) is 0 Å². The minimum Gasteiger partial charge on any atom is -0.339 e. The Morgan fingerprint density at radius 3 is 1.42 bits per heavy atom. The fourth-order valence-electron chi connectivity index (χ4n) is 0. The maximum Gasteiger partial charge on any atom is 0.0667 e. The molecule has 0 unspecified atom stereocenters. The van der Waals surface area contributed by atoms with Crippen molar-refractivity contribution >= 4 is 0 Å². The van der Waals surface area contributed by atoms with Crippen molar-refractivity contribution in [3.8, 4) is 0 Å². The molecule has 0 radical (unpaired) electrons. The van der Waals surface area contributed by atoms with E-state index in [1.807, 2.05) is 0 Å². The lowest BCUT2D eigenvalue weighted by Crippen LogP contribution is -1.60. The van der Waals surface area contributed by atoms with Gasteiger partial charge in [0, 0.05) is 13.5 Å². The largest absolute Gasteiger partial charge is 0.339 e. The molecule has 0 heteroatoms. The zero-order valence-corrected chi connectivity index (χ0v) is 7.57. The number of unbranched alkanes of at least 4 members (excludes halogenated alkanes) is 1. The second-order valence-corrected chi connectivity index (χ2v) is 1.71. The summed E-state index contributed by atoms with van der Waals surface area (Å²) in [5.74, 6) is 0. The molecule has 12 heavy (non-hydrogen) atoms. The third-order valence-electron chi connectivity index (χ3n) is 0.604. The highest BCUT2D eigenvalue weighted by Crippen LogP contribution is 1.87. The van der Waals surface area contributed by atoms with Gasteiger partial charge in [0.15, 0.2) is 0 Å². The van der Waals surface area contributed by atoms with Crippen molar-refractivity contribution in [2.24, 2.45) is 0 Å². The van der Waals surface area contributed by atoms with Crippen molar-refractivity contribution < 1.29 is 0 Å². The van der Waals surface area contributed by atoms with Gasteiger partial charge in [-0.15, -0.1) is 26.0 Å². The predicted molar refractivity (Wildman–Crippen MR) is 62.4 cm³/mol. The van der Waals surface area contributed by atoms with Gasteiger partial charge in [0.05, 0.1) is 18.9 Å².